The Morgan fingerprint density at radius 3 is 2.13 bits per heavy atom. The highest BCUT2D eigenvalue weighted by atomic mass is 19.4. The Bertz CT molecular complexity index is 1390. The fourth-order valence-corrected chi connectivity index (χ4v) is 3.27. The summed E-state index contributed by atoms with van der Waals surface area (Å²) in [5.41, 5.74) is -2.70. The molecule has 0 aliphatic carbocycles. The molecule has 0 spiro atoms. The lowest BCUT2D eigenvalue weighted by atomic mass is 10.0. The normalized spacial score (nSPS) is 11.6. The summed E-state index contributed by atoms with van der Waals surface area (Å²) in [4.78, 5) is 35.3. The Morgan fingerprint density at radius 1 is 0.872 bits per heavy atom. The smallest absolute Gasteiger partial charge is 0.324 e. The van der Waals surface area contributed by atoms with Gasteiger partial charge in [-0.1, -0.05) is 6.07 Å². The van der Waals surface area contributed by atoms with Gasteiger partial charge in [0.05, 0.1) is 16.0 Å². The monoisotopic (exact) mass is 551 g/mol. The molecule has 14 heteroatoms. The molecule has 0 saturated carbocycles. The number of hydrogen-bond donors (Lipinski definition) is 4. The topological polar surface area (TPSA) is 125 Å². The van der Waals surface area contributed by atoms with Crippen LogP contribution in [0.3, 0.4) is 0 Å². The van der Waals surface area contributed by atoms with E-state index in [1.165, 1.54) is 44.2 Å². The van der Waals surface area contributed by atoms with E-state index in [1.54, 1.807) is 0 Å². The Balaban J connectivity index is 1.67. The van der Waals surface area contributed by atoms with E-state index in [2.05, 4.69) is 21.3 Å². The molecule has 3 aromatic carbocycles. The summed E-state index contributed by atoms with van der Waals surface area (Å²) < 4.78 is 66.4. The highest BCUT2D eigenvalue weighted by Crippen LogP contribution is 2.33. The Morgan fingerprint density at radius 2 is 1.51 bits per heavy atom. The Labute approximate surface area is 218 Å². The van der Waals surface area contributed by atoms with Crippen LogP contribution in [0.5, 0.6) is 0 Å². The number of rotatable bonds is 8. The number of nitro benzene ring substituents is 1. The van der Waals surface area contributed by atoms with Crippen molar-refractivity contribution in [2.24, 2.45) is 0 Å². The first-order valence-electron chi connectivity index (χ1n) is 11.2. The van der Waals surface area contributed by atoms with Crippen LogP contribution in [-0.2, 0) is 17.5 Å². The van der Waals surface area contributed by atoms with E-state index in [0.717, 1.165) is 18.2 Å². The summed E-state index contributed by atoms with van der Waals surface area (Å²) in [6.45, 7) is 2.80. The van der Waals surface area contributed by atoms with Crippen LogP contribution in [0.2, 0.25) is 0 Å². The van der Waals surface area contributed by atoms with Crippen molar-refractivity contribution in [3.05, 3.63) is 93.5 Å². The quantitative estimate of drug-likeness (QED) is 0.154. The number of amides is 3. The van der Waals surface area contributed by atoms with Gasteiger partial charge in [0.2, 0.25) is 5.91 Å². The number of carbonyl (C=O) groups excluding carboxylic acids is 2. The lowest BCUT2D eigenvalue weighted by molar-refractivity contribution is -0.384. The number of benzene rings is 3. The number of carbonyl (C=O) groups is 2. The predicted molar refractivity (Wildman–Crippen MR) is 133 cm³/mol. The maximum absolute atomic E-state index is 13.9. The van der Waals surface area contributed by atoms with Crippen molar-refractivity contribution in [3.8, 4) is 0 Å². The first kappa shape index (κ1) is 29.0. The van der Waals surface area contributed by atoms with Crippen molar-refractivity contribution in [1.29, 1.82) is 0 Å². The number of alkyl halides is 3. The van der Waals surface area contributed by atoms with E-state index >= 15 is 0 Å². The maximum atomic E-state index is 13.9. The van der Waals surface area contributed by atoms with Gasteiger partial charge < -0.3 is 16.0 Å². The number of nitro groups is 1. The van der Waals surface area contributed by atoms with Crippen LogP contribution in [-0.4, -0.2) is 22.4 Å². The second-order valence-corrected chi connectivity index (χ2v) is 8.81. The molecular formula is C25H22F5N5O4. The van der Waals surface area contributed by atoms with E-state index in [0.29, 0.717) is 17.7 Å². The van der Waals surface area contributed by atoms with Crippen LogP contribution in [0.1, 0.15) is 25.0 Å². The van der Waals surface area contributed by atoms with Crippen molar-refractivity contribution in [2.75, 3.05) is 16.0 Å². The van der Waals surface area contributed by atoms with E-state index in [9.17, 15) is 41.7 Å². The molecule has 0 aliphatic heterocycles. The van der Waals surface area contributed by atoms with Crippen molar-refractivity contribution < 1.29 is 36.5 Å². The van der Waals surface area contributed by atoms with Crippen molar-refractivity contribution in [1.82, 2.24) is 5.32 Å². The fourth-order valence-electron chi connectivity index (χ4n) is 3.27. The minimum absolute atomic E-state index is 0.0477. The molecule has 0 aliphatic rings. The molecule has 0 atom stereocenters. The summed E-state index contributed by atoms with van der Waals surface area (Å²) in [6, 6.07) is 9.81. The number of non-ortho nitro benzene ring substituents is 1. The van der Waals surface area contributed by atoms with Gasteiger partial charge in [-0.3, -0.25) is 20.2 Å². The molecule has 0 aromatic heterocycles. The molecule has 0 heterocycles. The van der Waals surface area contributed by atoms with Crippen LogP contribution >= 0.6 is 0 Å². The third-order valence-corrected chi connectivity index (χ3v) is 5.47. The molecule has 206 valence electrons. The van der Waals surface area contributed by atoms with Crippen LogP contribution in [0, 0.1) is 21.7 Å². The van der Waals surface area contributed by atoms with Gasteiger partial charge in [-0.25, -0.2) is 13.6 Å². The van der Waals surface area contributed by atoms with Gasteiger partial charge in [0.15, 0.2) is 0 Å². The van der Waals surface area contributed by atoms with Gasteiger partial charge in [0.1, 0.15) is 11.6 Å². The minimum Gasteiger partial charge on any atom is -0.324 e. The molecule has 9 nitrogen and oxygen atoms in total. The maximum Gasteiger partial charge on any atom is 0.419 e. The number of anilines is 3. The second-order valence-electron chi connectivity index (χ2n) is 8.81. The summed E-state index contributed by atoms with van der Waals surface area (Å²) in [6.07, 6.45) is -4.95. The first-order valence-corrected chi connectivity index (χ1v) is 11.2. The molecular weight excluding hydrogens is 529 g/mol. The highest BCUT2D eigenvalue weighted by molar-refractivity contribution is 6.00. The summed E-state index contributed by atoms with van der Waals surface area (Å²) in [5, 5.41) is 20.9. The van der Waals surface area contributed by atoms with Gasteiger partial charge >= 0.3 is 12.2 Å². The molecule has 3 rings (SSSR count). The lowest BCUT2D eigenvalue weighted by Gasteiger charge is -2.26. The lowest BCUT2D eigenvalue weighted by Crippen LogP contribution is -2.49. The van der Waals surface area contributed by atoms with Crippen molar-refractivity contribution >= 4 is 34.7 Å². The molecule has 0 unspecified atom stereocenters. The number of halogens is 5. The molecule has 0 bridgehead atoms. The van der Waals surface area contributed by atoms with Gasteiger partial charge in [-0.15, -0.1) is 0 Å². The molecule has 0 fully saturated rings. The zero-order chi connectivity index (χ0) is 29.0. The number of urea groups is 1. The van der Waals surface area contributed by atoms with E-state index in [1.807, 2.05) is 0 Å². The van der Waals surface area contributed by atoms with Gasteiger partial charge in [0.25, 0.3) is 5.69 Å². The predicted octanol–water partition coefficient (Wildman–Crippen LogP) is 6.04. The van der Waals surface area contributed by atoms with Gasteiger partial charge in [0, 0.05) is 35.7 Å². The molecule has 3 aromatic rings. The third-order valence-electron chi connectivity index (χ3n) is 5.47. The zero-order valence-corrected chi connectivity index (χ0v) is 20.5. The average molecular weight is 551 g/mol. The minimum atomic E-state index is -4.95. The van der Waals surface area contributed by atoms with E-state index < -0.39 is 45.8 Å². The first-order chi connectivity index (χ1) is 18.2. The van der Waals surface area contributed by atoms with E-state index in [4.69, 9.17) is 0 Å². The summed E-state index contributed by atoms with van der Waals surface area (Å²) in [5.74, 6) is -2.89. The Kier molecular flexibility index (Phi) is 8.49. The van der Waals surface area contributed by atoms with E-state index in [-0.39, 0.29) is 29.3 Å². The Hall–Kier alpha value is -4.59. The summed E-state index contributed by atoms with van der Waals surface area (Å²) in [7, 11) is 0. The van der Waals surface area contributed by atoms with Gasteiger partial charge in [-0.05, 0) is 61.9 Å². The largest absolute Gasteiger partial charge is 0.419 e. The molecule has 4 N–H and O–H groups in total. The van der Waals surface area contributed by atoms with Crippen LogP contribution in [0.25, 0.3) is 0 Å². The summed E-state index contributed by atoms with van der Waals surface area (Å²) >= 11 is 0. The van der Waals surface area contributed by atoms with Crippen LogP contribution in [0.15, 0.2) is 60.7 Å². The van der Waals surface area contributed by atoms with Crippen LogP contribution < -0.4 is 21.3 Å². The highest BCUT2D eigenvalue weighted by Gasteiger charge is 2.35. The fraction of sp³-hybridized carbons (Fsp3) is 0.200. The van der Waals surface area contributed by atoms with Crippen molar-refractivity contribution in [3.63, 3.8) is 0 Å². The van der Waals surface area contributed by atoms with Crippen molar-refractivity contribution in [2.45, 2.75) is 32.1 Å². The third kappa shape index (κ3) is 7.70. The average Bonchev–Trinajstić information content (AvgIpc) is 2.84. The number of nitrogens with one attached hydrogen (secondary N) is 4. The molecule has 0 saturated heterocycles. The number of hydrogen-bond acceptors (Lipinski definition) is 5. The van der Waals surface area contributed by atoms with Crippen LogP contribution in [0.4, 0.5) is 49.5 Å². The second kappa shape index (κ2) is 11.4. The molecule has 39 heavy (non-hydrogen) atoms. The molecule has 3 amide bonds. The SMILES string of the molecule is CC(C)(NCc1ccc(F)cc1NC(=O)Nc1ccc([N+](=O)[O-])cc1)C(=O)Nc1ccc(F)c(C(F)(F)F)c1. The number of nitrogens with zero attached hydrogens (tertiary/aromatic N) is 1. The zero-order valence-electron chi connectivity index (χ0n) is 20.5. The standard InChI is InChI=1S/C25H22F5N5O4/c1-24(2,22(36)32-17-7-10-20(27)19(12-17)25(28,29)30)31-13-14-3-4-15(26)11-21(14)34-23(37)33-16-5-8-18(9-6-16)35(38)39/h3-12,31H,13H2,1-2H3,(H,32,36)(H2,33,34,37). The van der Waals surface area contributed by atoms with Gasteiger partial charge in [-0.2, -0.15) is 13.2 Å². The molecule has 0 radical (unpaired) electrons.